The fourth-order valence-electron chi connectivity index (χ4n) is 2.43. The van der Waals surface area contributed by atoms with E-state index in [9.17, 15) is 4.79 Å². The number of carbonyl (C=O) groups excluding carboxylic acids is 1. The van der Waals surface area contributed by atoms with Gasteiger partial charge in [-0.15, -0.1) is 0 Å². The van der Waals surface area contributed by atoms with E-state index in [0.29, 0.717) is 12.3 Å². The predicted octanol–water partition coefficient (Wildman–Crippen LogP) is 4.42. The van der Waals surface area contributed by atoms with Crippen LogP contribution in [0, 0.1) is 6.92 Å². The molecule has 2 aromatic rings. The molecule has 1 heterocycles. The number of nitrogens with zero attached hydrogens (tertiary/aromatic N) is 2. The van der Waals surface area contributed by atoms with Gasteiger partial charge in [-0.3, -0.25) is 4.79 Å². The number of hydrogen-bond donors (Lipinski definition) is 0. The summed E-state index contributed by atoms with van der Waals surface area (Å²) >= 11 is 0. The maximum atomic E-state index is 11.7. The van der Waals surface area contributed by atoms with Gasteiger partial charge in [-0.1, -0.05) is 50.8 Å². The third-order valence-corrected chi connectivity index (χ3v) is 3.71. The van der Waals surface area contributed by atoms with Gasteiger partial charge in [-0.25, -0.2) is 4.68 Å². The highest BCUT2D eigenvalue weighted by Gasteiger charge is 2.10. The Morgan fingerprint density at radius 1 is 1.12 bits per heavy atom. The van der Waals surface area contributed by atoms with Crippen LogP contribution < -0.4 is 4.74 Å². The third kappa shape index (κ3) is 5.72. The summed E-state index contributed by atoms with van der Waals surface area (Å²) in [5.74, 6) is 0.350. The van der Waals surface area contributed by atoms with E-state index in [2.05, 4.69) is 12.0 Å². The lowest BCUT2D eigenvalue weighted by atomic mass is 10.1. The zero-order valence-corrected chi connectivity index (χ0v) is 14.5. The number of esters is 1. The lowest BCUT2D eigenvalue weighted by Gasteiger charge is -2.09. The Balaban J connectivity index is 1.78. The first-order valence-corrected chi connectivity index (χ1v) is 8.61. The molecule has 0 spiro atoms. The van der Waals surface area contributed by atoms with Crippen LogP contribution in [0.2, 0.25) is 0 Å². The summed E-state index contributed by atoms with van der Waals surface area (Å²) in [6, 6.07) is 11.5. The Hall–Kier alpha value is -2.30. The number of ether oxygens (including phenoxy) is 2. The Morgan fingerprint density at radius 3 is 2.62 bits per heavy atom. The number of benzene rings is 1. The van der Waals surface area contributed by atoms with Crippen LogP contribution >= 0.6 is 0 Å². The van der Waals surface area contributed by atoms with Crippen LogP contribution in [0.4, 0.5) is 0 Å². The maximum absolute atomic E-state index is 11.7. The van der Waals surface area contributed by atoms with Gasteiger partial charge in [0.15, 0.2) is 0 Å². The standard InChI is InChI=1S/C19H26N2O3/c1-3-4-5-6-10-13-19(22)24-15-23-18-14-16(2)20-21(18)17-11-8-7-9-12-17/h7-9,11-12,14H,3-6,10,13,15H2,1-2H3. The minimum Gasteiger partial charge on any atom is -0.440 e. The quantitative estimate of drug-likeness (QED) is 0.367. The van der Waals surface area contributed by atoms with Gasteiger partial charge in [0.05, 0.1) is 11.4 Å². The summed E-state index contributed by atoms with van der Waals surface area (Å²) in [5.41, 5.74) is 1.75. The average Bonchev–Trinajstić information content (AvgIpc) is 2.96. The van der Waals surface area contributed by atoms with Gasteiger partial charge >= 0.3 is 5.97 Å². The van der Waals surface area contributed by atoms with Crippen LogP contribution in [0.3, 0.4) is 0 Å². The first-order valence-electron chi connectivity index (χ1n) is 8.61. The molecule has 0 fully saturated rings. The molecule has 0 aliphatic heterocycles. The summed E-state index contributed by atoms with van der Waals surface area (Å²) in [7, 11) is 0. The monoisotopic (exact) mass is 330 g/mol. The molecule has 2 rings (SSSR count). The molecule has 0 radical (unpaired) electrons. The smallest absolute Gasteiger partial charge is 0.308 e. The Morgan fingerprint density at radius 2 is 1.88 bits per heavy atom. The molecule has 24 heavy (non-hydrogen) atoms. The van der Waals surface area contributed by atoms with E-state index in [1.807, 2.05) is 43.3 Å². The van der Waals surface area contributed by atoms with Crippen molar-refractivity contribution in [1.29, 1.82) is 0 Å². The number of para-hydroxylation sites is 1. The lowest BCUT2D eigenvalue weighted by Crippen LogP contribution is -2.12. The zero-order chi connectivity index (χ0) is 17.2. The van der Waals surface area contributed by atoms with E-state index in [4.69, 9.17) is 9.47 Å². The van der Waals surface area contributed by atoms with Crippen molar-refractivity contribution in [2.75, 3.05) is 6.79 Å². The Bertz CT molecular complexity index is 623. The van der Waals surface area contributed by atoms with E-state index in [0.717, 1.165) is 24.2 Å². The topological polar surface area (TPSA) is 53.4 Å². The van der Waals surface area contributed by atoms with E-state index >= 15 is 0 Å². The van der Waals surface area contributed by atoms with Crippen molar-refractivity contribution in [1.82, 2.24) is 9.78 Å². The average molecular weight is 330 g/mol. The van der Waals surface area contributed by atoms with Gasteiger partial charge in [0, 0.05) is 12.5 Å². The van der Waals surface area contributed by atoms with Crippen molar-refractivity contribution >= 4 is 5.97 Å². The fourth-order valence-corrected chi connectivity index (χ4v) is 2.43. The molecule has 0 unspecified atom stereocenters. The summed E-state index contributed by atoms with van der Waals surface area (Å²) in [4.78, 5) is 11.7. The van der Waals surface area contributed by atoms with Gasteiger partial charge in [0.2, 0.25) is 12.7 Å². The number of rotatable bonds is 10. The molecule has 0 N–H and O–H groups in total. The van der Waals surface area contributed by atoms with Gasteiger partial charge < -0.3 is 9.47 Å². The van der Waals surface area contributed by atoms with Crippen molar-refractivity contribution in [3.63, 3.8) is 0 Å². The number of aryl methyl sites for hydroxylation is 1. The molecule has 1 aromatic carbocycles. The van der Waals surface area contributed by atoms with E-state index in [1.54, 1.807) is 4.68 Å². The zero-order valence-electron chi connectivity index (χ0n) is 14.5. The molecular weight excluding hydrogens is 304 g/mol. The second kappa shape index (κ2) is 9.75. The highest BCUT2D eigenvalue weighted by molar-refractivity contribution is 5.69. The molecule has 0 aliphatic rings. The Labute approximate surface area is 143 Å². The molecule has 5 nitrogen and oxygen atoms in total. The maximum Gasteiger partial charge on any atom is 0.308 e. The van der Waals surface area contributed by atoms with Crippen molar-refractivity contribution < 1.29 is 14.3 Å². The highest BCUT2D eigenvalue weighted by Crippen LogP contribution is 2.19. The molecule has 0 amide bonds. The van der Waals surface area contributed by atoms with Crippen molar-refractivity contribution in [3.05, 3.63) is 42.1 Å². The van der Waals surface area contributed by atoms with Crippen molar-refractivity contribution in [2.45, 2.75) is 52.4 Å². The van der Waals surface area contributed by atoms with Gasteiger partial charge in [0.25, 0.3) is 0 Å². The molecule has 5 heteroatoms. The molecule has 0 bridgehead atoms. The van der Waals surface area contributed by atoms with Crippen LogP contribution in [0.25, 0.3) is 5.69 Å². The van der Waals surface area contributed by atoms with Crippen molar-refractivity contribution in [2.24, 2.45) is 0 Å². The Kier molecular flexibility index (Phi) is 7.33. The summed E-state index contributed by atoms with van der Waals surface area (Å²) < 4.78 is 12.4. The SMILES string of the molecule is CCCCCCCC(=O)OCOc1cc(C)nn1-c1ccccc1. The molecule has 1 aromatic heterocycles. The van der Waals surface area contributed by atoms with Crippen LogP contribution in [-0.4, -0.2) is 22.5 Å². The number of aromatic nitrogens is 2. The minimum absolute atomic E-state index is 0.0915. The fraction of sp³-hybridized carbons (Fsp3) is 0.474. The summed E-state index contributed by atoms with van der Waals surface area (Å²) in [5, 5.41) is 4.41. The van der Waals surface area contributed by atoms with Crippen molar-refractivity contribution in [3.8, 4) is 11.6 Å². The van der Waals surface area contributed by atoms with E-state index in [-0.39, 0.29) is 12.8 Å². The number of hydrogen-bond acceptors (Lipinski definition) is 4. The normalized spacial score (nSPS) is 10.6. The van der Waals surface area contributed by atoms with Crippen LogP contribution in [0.5, 0.6) is 5.88 Å². The summed E-state index contributed by atoms with van der Waals surface area (Å²) in [6.07, 6.45) is 6.00. The minimum atomic E-state index is -0.214. The van der Waals surface area contributed by atoms with Gasteiger partial charge in [-0.2, -0.15) is 5.10 Å². The van der Waals surface area contributed by atoms with Gasteiger partial charge in [0.1, 0.15) is 0 Å². The predicted molar refractivity (Wildman–Crippen MR) is 93.3 cm³/mol. The second-order valence-corrected chi connectivity index (χ2v) is 5.81. The first-order chi connectivity index (χ1) is 11.7. The van der Waals surface area contributed by atoms with Gasteiger partial charge in [-0.05, 0) is 25.5 Å². The molecule has 0 aliphatic carbocycles. The lowest BCUT2D eigenvalue weighted by molar-refractivity contribution is -0.150. The van der Waals surface area contributed by atoms with Crippen LogP contribution in [0.15, 0.2) is 36.4 Å². The van der Waals surface area contributed by atoms with E-state index in [1.165, 1.54) is 19.3 Å². The molecular formula is C19H26N2O3. The molecule has 0 atom stereocenters. The largest absolute Gasteiger partial charge is 0.440 e. The van der Waals surface area contributed by atoms with Crippen LogP contribution in [0.1, 0.15) is 51.1 Å². The van der Waals surface area contributed by atoms with Crippen LogP contribution in [-0.2, 0) is 9.53 Å². The number of carbonyl (C=O) groups is 1. The van der Waals surface area contributed by atoms with E-state index < -0.39 is 0 Å². The molecule has 0 saturated heterocycles. The third-order valence-electron chi connectivity index (χ3n) is 3.71. The second-order valence-electron chi connectivity index (χ2n) is 5.81. The molecule has 130 valence electrons. The summed E-state index contributed by atoms with van der Waals surface area (Å²) in [6.45, 7) is 3.98. The first kappa shape index (κ1) is 18.0. The molecule has 0 saturated carbocycles. The number of unbranched alkanes of at least 4 members (excludes halogenated alkanes) is 4. The highest BCUT2D eigenvalue weighted by atomic mass is 16.7.